The number of carbonyl (C=O) groups is 1. The van der Waals surface area contributed by atoms with Crippen LogP contribution in [0.2, 0.25) is 0 Å². The Bertz CT molecular complexity index is 974. The van der Waals surface area contributed by atoms with Crippen LogP contribution in [-0.2, 0) is 0 Å². The van der Waals surface area contributed by atoms with Gasteiger partial charge in [-0.1, -0.05) is 32.8 Å². The number of phenolic OH excluding ortho intramolecular Hbond substituents is 1. The maximum absolute atomic E-state index is 12.6. The lowest BCUT2D eigenvalue weighted by Crippen LogP contribution is -2.36. The van der Waals surface area contributed by atoms with E-state index in [0.717, 1.165) is 55.4 Å². The van der Waals surface area contributed by atoms with Gasteiger partial charge in [-0.25, -0.2) is 4.79 Å². The Hall–Kier alpha value is -3.09. The second kappa shape index (κ2) is 9.41. The first-order chi connectivity index (χ1) is 14.0. The molecule has 0 radical (unpaired) electrons. The summed E-state index contributed by atoms with van der Waals surface area (Å²) in [6.07, 6.45) is 4.02. The molecule has 154 valence electrons. The molecule has 3 aromatic rings. The first kappa shape index (κ1) is 20.6. The number of aryl methyl sites for hydroxylation is 1. The summed E-state index contributed by atoms with van der Waals surface area (Å²) in [5.74, 6) is 0.00787. The first-order valence-electron chi connectivity index (χ1n) is 10.2. The molecule has 0 saturated heterocycles. The molecule has 0 aliphatic carbocycles. The molecule has 0 atom stereocenters. The lowest BCUT2D eigenvalue weighted by Gasteiger charge is -2.23. The Kier molecular flexibility index (Phi) is 6.69. The SMILES string of the molecule is CCCCN(CCCC)C(=O)Nc1ccc(-n2nc3ccc(C)cc3n2)c(O)c1. The van der Waals surface area contributed by atoms with Crippen LogP contribution in [0, 0.1) is 6.92 Å². The number of carbonyl (C=O) groups excluding carboxylic acids is 1. The van der Waals surface area contributed by atoms with Gasteiger partial charge < -0.3 is 15.3 Å². The Morgan fingerprint density at radius 1 is 1.03 bits per heavy atom. The van der Waals surface area contributed by atoms with Crippen LogP contribution in [0.4, 0.5) is 10.5 Å². The molecule has 3 rings (SSSR count). The lowest BCUT2D eigenvalue weighted by atomic mass is 10.2. The van der Waals surface area contributed by atoms with E-state index in [0.29, 0.717) is 11.4 Å². The van der Waals surface area contributed by atoms with Gasteiger partial charge in [0.1, 0.15) is 22.5 Å². The number of hydrogen-bond acceptors (Lipinski definition) is 4. The van der Waals surface area contributed by atoms with Gasteiger partial charge in [-0.2, -0.15) is 0 Å². The number of aromatic nitrogens is 3. The minimum Gasteiger partial charge on any atom is -0.506 e. The molecular weight excluding hydrogens is 366 g/mol. The van der Waals surface area contributed by atoms with Crippen molar-refractivity contribution >= 4 is 22.8 Å². The zero-order chi connectivity index (χ0) is 20.8. The zero-order valence-electron chi connectivity index (χ0n) is 17.4. The number of fused-ring (bicyclic) bond motifs is 1. The maximum Gasteiger partial charge on any atom is 0.321 e. The smallest absolute Gasteiger partial charge is 0.321 e. The molecule has 1 aromatic heterocycles. The van der Waals surface area contributed by atoms with Gasteiger partial charge in [0.15, 0.2) is 0 Å². The van der Waals surface area contributed by atoms with Crippen molar-refractivity contribution in [2.24, 2.45) is 0 Å². The number of hydrogen-bond donors (Lipinski definition) is 2. The maximum atomic E-state index is 12.6. The number of nitrogens with zero attached hydrogens (tertiary/aromatic N) is 4. The van der Waals surface area contributed by atoms with E-state index in [4.69, 9.17) is 0 Å². The third-order valence-electron chi connectivity index (χ3n) is 4.83. The number of benzene rings is 2. The number of aromatic hydroxyl groups is 1. The zero-order valence-corrected chi connectivity index (χ0v) is 17.4. The molecule has 0 bridgehead atoms. The van der Waals surface area contributed by atoms with Gasteiger partial charge in [0.2, 0.25) is 0 Å². The van der Waals surface area contributed by atoms with Crippen LogP contribution in [0.5, 0.6) is 5.75 Å². The fourth-order valence-electron chi connectivity index (χ4n) is 3.12. The molecule has 0 aliphatic heterocycles. The normalized spacial score (nSPS) is 11.0. The molecule has 0 aliphatic rings. The highest BCUT2D eigenvalue weighted by molar-refractivity contribution is 5.89. The van der Waals surface area contributed by atoms with Crippen molar-refractivity contribution in [2.45, 2.75) is 46.5 Å². The molecule has 1 heterocycles. The number of urea groups is 1. The van der Waals surface area contributed by atoms with E-state index in [1.54, 1.807) is 12.1 Å². The fourth-order valence-corrected chi connectivity index (χ4v) is 3.12. The number of unbranched alkanes of at least 4 members (excludes halogenated alkanes) is 2. The van der Waals surface area contributed by atoms with Crippen molar-refractivity contribution in [3.05, 3.63) is 42.0 Å². The van der Waals surface area contributed by atoms with Crippen LogP contribution in [0.15, 0.2) is 36.4 Å². The Morgan fingerprint density at radius 2 is 1.72 bits per heavy atom. The van der Waals surface area contributed by atoms with Gasteiger partial charge in [-0.15, -0.1) is 15.0 Å². The minimum atomic E-state index is -0.141. The molecule has 0 spiro atoms. The molecule has 7 nitrogen and oxygen atoms in total. The summed E-state index contributed by atoms with van der Waals surface area (Å²) >= 11 is 0. The molecule has 0 saturated carbocycles. The topological polar surface area (TPSA) is 83.3 Å². The van der Waals surface area contributed by atoms with Crippen LogP contribution in [0.1, 0.15) is 45.1 Å². The van der Waals surface area contributed by atoms with E-state index in [9.17, 15) is 9.90 Å². The standard InChI is InChI=1S/C22H29N5O2/c1-4-6-12-26(13-7-5-2)22(29)23-17-9-11-20(21(28)15-17)27-24-18-10-8-16(3)14-19(18)25-27/h8-11,14-15,28H,4-7,12-13H2,1-3H3,(H,23,29). The molecule has 2 amide bonds. The summed E-state index contributed by atoms with van der Waals surface area (Å²) in [4.78, 5) is 15.9. The fraction of sp³-hybridized carbons (Fsp3) is 0.409. The van der Waals surface area contributed by atoms with E-state index >= 15 is 0 Å². The molecule has 2 aromatic carbocycles. The molecule has 2 N–H and O–H groups in total. The highest BCUT2D eigenvalue weighted by atomic mass is 16.3. The van der Waals surface area contributed by atoms with Gasteiger partial charge >= 0.3 is 6.03 Å². The number of amides is 2. The van der Waals surface area contributed by atoms with Gasteiger partial charge in [0, 0.05) is 24.8 Å². The molecule has 7 heteroatoms. The van der Waals surface area contributed by atoms with E-state index < -0.39 is 0 Å². The Labute approximate surface area is 171 Å². The van der Waals surface area contributed by atoms with Crippen LogP contribution >= 0.6 is 0 Å². The third-order valence-corrected chi connectivity index (χ3v) is 4.83. The average Bonchev–Trinajstić information content (AvgIpc) is 3.10. The van der Waals surface area contributed by atoms with Crippen molar-refractivity contribution in [2.75, 3.05) is 18.4 Å². The van der Waals surface area contributed by atoms with Crippen molar-refractivity contribution in [1.82, 2.24) is 19.9 Å². The van der Waals surface area contributed by atoms with Gasteiger partial charge in [-0.05, 0) is 49.6 Å². The Balaban J connectivity index is 1.76. The molecule has 29 heavy (non-hydrogen) atoms. The van der Waals surface area contributed by atoms with Crippen LogP contribution < -0.4 is 5.32 Å². The summed E-state index contributed by atoms with van der Waals surface area (Å²) in [7, 11) is 0. The van der Waals surface area contributed by atoms with Crippen molar-refractivity contribution in [3.63, 3.8) is 0 Å². The van der Waals surface area contributed by atoms with Crippen LogP contribution in [-0.4, -0.2) is 44.1 Å². The summed E-state index contributed by atoms with van der Waals surface area (Å²) < 4.78 is 0. The van der Waals surface area contributed by atoms with Crippen molar-refractivity contribution in [1.29, 1.82) is 0 Å². The van der Waals surface area contributed by atoms with Crippen molar-refractivity contribution in [3.8, 4) is 11.4 Å². The summed E-state index contributed by atoms with van der Waals surface area (Å²) in [6, 6.07) is 10.7. The molecule has 0 unspecified atom stereocenters. The number of rotatable bonds is 8. The quantitative estimate of drug-likeness (QED) is 0.570. The van der Waals surface area contributed by atoms with Crippen LogP contribution in [0.25, 0.3) is 16.7 Å². The number of anilines is 1. The third kappa shape index (κ3) is 5.04. The van der Waals surface area contributed by atoms with E-state index in [-0.39, 0.29) is 11.8 Å². The summed E-state index contributed by atoms with van der Waals surface area (Å²) in [5, 5.41) is 22.2. The minimum absolute atomic E-state index is 0.00787. The summed E-state index contributed by atoms with van der Waals surface area (Å²) in [5.41, 5.74) is 3.63. The van der Waals surface area contributed by atoms with Gasteiger partial charge in [0.05, 0.1) is 0 Å². The highest BCUT2D eigenvalue weighted by Gasteiger charge is 2.15. The average molecular weight is 396 g/mol. The molecular formula is C22H29N5O2. The lowest BCUT2D eigenvalue weighted by molar-refractivity contribution is 0.210. The highest BCUT2D eigenvalue weighted by Crippen LogP contribution is 2.26. The summed E-state index contributed by atoms with van der Waals surface area (Å²) in [6.45, 7) is 7.68. The largest absolute Gasteiger partial charge is 0.506 e. The van der Waals surface area contributed by atoms with Gasteiger partial charge in [0.25, 0.3) is 0 Å². The predicted octanol–water partition coefficient (Wildman–Crippen LogP) is 4.87. The van der Waals surface area contributed by atoms with Crippen LogP contribution in [0.3, 0.4) is 0 Å². The molecule has 0 fully saturated rings. The van der Waals surface area contributed by atoms with Crippen molar-refractivity contribution < 1.29 is 9.90 Å². The van der Waals surface area contributed by atoms with Gasteiger partial charge in [-0.3, -0.25) is 0 Å². The predicted molar refractivity (Wildman–Crippen MR) is 116 cm³/mol. The number of nitrogens with one attached hydrogen (secondary N) is 1. The number of phenols is 1. The Morgan fingerprint density at radius 3 is 2.38 bits per heavy atom. The van der Waals surface area contributed by atoms with E-state index in [2.05, 4.69) is 29.4 Å². The second-order valence-corrected chi connectivity index (χ2v) is 7.31. The first-order valence-corrected chi connectivity index (χ1v) is 10.2. The van der Waals surface area contributed by atoms with E-state index in [1.165, 1.54) is 10.9 Å². The van der Waals surface area contributed by atoms with E-state index in [1.807, 2.05) is 30.0 Å². The monoisotopic (exact) mass is 395 g/mol. The second-order valence-electron chi connectivity index (χ2n) is 7.31.